The van der Waals surface area contributed by atoms with Crippen LogP contribution in [0.4, 0.5) is 0 Å². The summed E-state index contributed by atoms with van der Waals surface area (Å²) in [5.74, 6) is -2.08. The first kappa shape index (κ1) is 27.2. The highest BCUT2D eigenvalue weighted by molar-refractivity contribution is 7.98. The van der Waals surface area contributed by atoms with Gasteiger partial charge in [-0.25, -0.2) is 4.79 Å². The van der Waals surface area contributed by atoms with Crippen molar-refractivity contribution in [3.63, 3.8) is 0 Å². The van der Waals surface area contributed by atoms with Crippen LogP contribution in [0.15, 0.2) is 0 Å². The SMILES string of the molecule is CSCCC(N)C(=O)NC(C(=O)N1CCCC1C(=O)NC(CC(C)C)C(=O)O)C(C)O. The fourth-order valence-electron chi connectivity index (χ4n) is 3.47. The van der Waals surface area contributed by atoms with Gasteiger partial charge in [0, 0.05) is 6.54 Å². The number of aliphatic carboxylic acids is 1. The molecule has 5 unspecified atom stereocenters. The molecular formula is C20H36N4O6S. The standard InChI is InChI=1S/C20H36N4O6S/c1-11(2)10-14(20(29)30)22-18(27)15-6-5-8-24(15)19(28)16(12(3)25)23-17(26)13(21)7-9-31-4/h11-16,25H,5-10,21H2,1-4H3,(H,22,27)(H,23,26)(H,29,30). The maximum Gasteiger partial charge on any atom is 0.326 e. The molecule has 178 valence electrons. The molecule has 0 aromatic heterocycles. The third kappa shape index (κ3) is 8.30. The molecule has 1 fully saturated rings. The lowest BCUT2D eigenvalue weighted by Gasteiger charge is -2.31. The Bertz CT molecular complexity index is 645. The van der Waals surface area contributed by atoms with Crippen LogP contribution in [0.3, 0.4) is 0 Å². The van der Waals surface area contributed by atoms with Crippen molar-refractivity contribution < 1.29 is 29.4 Å². The lowest BCUT2D eigenvalue weighted by Crippen LogP contribution is -2.59. The highest BCUT2D eigenvalue weighted by Gasteiger charge is 2.40. The lowest BCUT2D eigenvalue weighted by molar-refractivity contribution is -0.146. The topological polar surface area (TPSA) is 162 Å². The number of hydrogen-bond donors (Lipinski definition) is 5. The monoisotopic (exact) mass is 460 g/mol. The van der Waals surface area contributed by atoms with Crippen LogP contribution in [-0.2, 0) is 19.2 Å². The molecule has 1 aliphatic heterocycles. The summed E-state index contributed by atoms with van der Waals surface area (Å²) < 4.78 is 0. The number of carboxylic acids is 1. The first-order valence-corrected chi connectivity index (χ1v) is 12.0. The zero-order chi connectivity index (χ0) is 23.7. The van der Waals surface area contributed by atoms with Crippen molar-refractivity contribution >= 4 is 35.5 Å². The Kier molecular flexibility index (Phi) is 11.3. The Balaban J connectivity index is 2.88. The highest BCUT2D eigenvalue weighted by atomic mass is 32.2. The maximum atomic E-state index is 13.1. The van der Waals surface area contributed by atoms with Crippen LogP contribution in [0.25, 0.3) is 0 Å². The second-order valence-electron chi connectivity index (χ2n) is 8.33. The molecule has 0 aromatic rings. The van der Waals surface area contributed by atoms with Crippen molar-refractivity contribution in [2.45, 2.75) is 76.7 Å². The molecule has 10 nitrogen and oxygen atoms in total. The Morgan fingerprint density at radius 3 is 2.35 bits per heavy atom. The molecule has 0 aliphatic carbocycles. The Morgan fingerprint density at radius 1 is 1.19 bits per heavy atom. The molecule has 0 aromatic carbocycles. The van der Waals surface area contributed by atoms with Gasteiger partial charge in [-0.15, -0.1) is 0 Å². The van der Waals surface area contributed by atoms with Crippen molar-refractivity contribution in [3.8, 4) is 0 Å². The summed E-state index contributed by atoms with van der Waals surface area (Å²) in [6, 6.07) is -3.96. The van der Waals surface area contributed by atoms with E-state index in [4.69, 9.17) is 5.73 Å². The Hall–Kier alpha value is -1.85. The molecule has 3 amide bonds. The number of nitrogens with two attached hydrogens (primary N) is 1. The number of amides is 3. The first-order valence-electron chi connectivity index (χ1n) is 10.6. The van der Waals surface area contributed by atoms with E-state index in [0.717, 1.165) is 0 Å². The number of thioether (sulfide) groups is 1. The molecular weight excluding hydrogens is 424 g/mol. The average Bonchev–Trinajstić information content (AvgIpc) is 3.18. The number of aliphatic hydroxyl groups excluding tert-OH is 1. The first-order chi connectivity index (χ1) is 14.5. The van der Waals surface area contributed by atoms with Gasteiger partial charge in [0.25, 0.3) is 0 Å². The van der Waals surface area contributed by atoms with Crippen LogP contribution in [-0.4, -0.2) is 87.6 Å². The van der Waals surface area contributed by atoms with E-state index in [1.165, 1.54) is 11.8 Å². The number of nitrogens with one attached hydrogen (secondary N) is 2. The Labute approximate surface area is 187 Å². The summed E-state index contributed by atoms with van der Waals surface area (Å²) in [5.41, 5.74) is 5.85. The van der Waals surface area contributed by atoms with E-state index in [2.05, 4.69) is 10.6 Å². The lowest BCUT2D eigenvalue weighted by atomic mass is 10.0. The number of aliphatic hydroxyl groups is 1. The van der Waals surface area contributed by atoms with Gasteiger partial charge in [0.05, 0.1) is 12.1 Å². The number of carbonyl (C=O) groups is 4. The third-order valence-electron chi connectivity index (χ3n) is 5.18. The fraction of sp³-hybridized carbons (Fsp3) is 0.800. The fourth-order valence-corrected chi connectivity index (χ4v) is 3.96. The van der Waals surface area contributed by atoms with Gasteiger partial charge in [-0.2, -0.15) is 11.8 Å². The third-order valence-corrected chi connectivity index (χ3v) is 5.82. The van der Waals surface area contributed by atoms with Crippen molar-refractivity contribution in [2.24, 2.45) is 11.7 Å². The molecule has 1 rings (SSSR count). The molecule has 31 heavy (non-hydrogen) atoms. The maximum absolute atomic E-state index is 13.1. The van der Waals surface area contributed by atoms with Crippen LogP contribution in [0.2, 0.25) is 0 Å². The molecule has 11 heteroatoms. The summed E-state index contributed by atoms with van der Waals surface area (Å²) >= 11 is 1.54. The van der Waals surface area contributed by atoms with Crippen molar-refractivity contribution in [1.82, 2.24) is 15.5 Å². The van der Waals surface area contributed by atoms with Crippen LogP contribution in [0, 0.1) is 5.92 Å². The number of carbonyl (C=O) groups excluding carboxylic acids is 3. The zero-order valence-electron chi connectivity index (χ0n) is 18.7. The van der Waals surface area contributed by atoms with Crippen molar-refractivity contribution in [1.29, 1.82) is 0 Å². The largest absolute Gasteiger partial charge is 0.480 e. The van der Waals surface area contributed by atoms with E-state index in [-0.39, 0.29) is 18.9 Å². The summed E-state index contributed by atoms with van der Waals surface area (Å²) in [5, 5.41) is 24.5. The van der Waals surface area contributed by atoms with Crippen molar-refractivity contribution in [3.05, 3.63) is 0 Å². The van der Waals surface area contributed by atoms with E-state index < -0.39 is 54.0 Å². The molecule has 6 N–H and O–H groups in total. The van der Waals surface area contributed by atoms with Gasteiger partial charge in [-0.05, 0) is 50.5 Å². The second-order valence-corrected chi connectivity index (χ2v) is 9.32. The van der Waals surface area contributed by atoms with E-state index in [1.807, 2.05) is 20.1 Å². The predicted molar refractivity (Wildman–Crippen MR) is 118 cm³/mol. The molecule has 1 aliphatic rings. The van der Waals surface area contributed by atoms with Crippen LogP contribution >= 0.6 is 11.8 Å². The van der Waals surface area contributed by atoms with Gasteiger partial charge in [-0.1, -0.05) is 13.8 Å². The normalized spacial score (nSPS) is 20.1. The molecule has 0 spiro atoms. The number of nitrogens with zero attached hydrogens (tertiary/aromatic N) is 1. The minimum atomic E-state index is -1.24. The average molecular weight is 461 g/mol. The number of hydrogen-bond acceptors (Lipinski definition) is 7. The summed E-state index contributed by atoms with van der Waals surface area (Å²) in [4.78, 5) is 51.0. The highest BCUT2D eigenvalue weighted by Crippen LogP contribution is 2.20. The smallest absolute Gasteiger partial charge is 0.326 e. The Morgan fingerprint density at radius 2 is 1.84 bits per heavy atom. The summed E-state index contributed by atoms with van der Waals surface area (Å²) in [6.07, 6.45) is 2.32. The molecule has 1 heterocycles. The quantitative estimate of drug-likeness (QED) is 0.261. The predicted octanol–water partition coefficient (Wildman–Crippen LogP) is -0.461. The van der Waals surface area contributed by atoms with E-state index in [1.54, 1.807) is 11.8 Å². The molecule has 5 atom stereocenters. The van der Waals surface area contributed by atoms with Gasteiger partial charge in [-0.3, -0.25) is 14.4 Å². The molecule has 0 bridgehead atoms. The van der Waals surface area contributed by atoms with Gasteiger partial charge >= 0.3 is 5.97 Å². The number of carboxylic acid groups (broad SMARTS) is 1. The zero-order valence-corrected chi connectivity index (χ0v) is 19.5. The second kappa shape index (κ2) is 12.9. The molecule has 1 saturated heterocycles. The van der Waals surface area contributed by atoms with Crippen LogP contribution in [0.1, 0.15) is 46.5 Å². The van der Waals surface area contributed by atoms with E-state index in [0.29, 0.717) is 25.0 Å². The van der Waals surface area contributed by atoms with Crippen LogP contribution < -0.4 is 16.4 Å². The van der Waals surface area contributed by atoms with Gasteiger partial charge < -0.3 is 31.5 Å². The molecule has 0 saturated carbocycles. The number of likely N-dealkylation sites (tertiary alicyclic amines) is 1. The van der Waals surface area contributed by atoms with E-state index in [9.17, 15) is 29.4 Å². The minimum absolute atomic E-state index is 0.0628. The van der Waals surface area contributed by atoms with Gasteiger partial charge in [0.1, 0.15) is 18.1 Å². The van der Waals surface area contributed by atoms with Gasteiger partial charge in [0.15, 0.2) is 0 Å². The summed E-state index contributed by atoms with van der Waals surface area (Å²) in [6.45, 7) is 5.36. The molecule has 0 radical (unpaired) electrons. The van der Waals surface area contributed by atoms with Gasteiger partial charge in [0.2, 0.25) is 17.7 Å². The van der Waals surface area contributed by atoms with Crippen LogP contribution in [0.5, 0.6) is 0 Å². The summed E-state index contributed by atoms with van der Waals surface area (Å²) in [7, 11) is 0. The van der Waals surface area contributed by atoms with Crippen molar-refractivity contribution in [2.75, 3.05) is 18.6 Å². The number of rotatable bonds is 12. The minimum Gasteiger partial charge on any atom is -0.480 e. The van der Waals surface area contributed by atoms with E-state index >= 15 is 0 Å².